The number of piperidine rings is 1. The number of nitrogens with zero attached hydrogens (tertiary/aromatic N) is 3. The van der Waals surface area contributed by atoms with Gasteiger partial charge in [-0.1, -0.05) is 12.8 Å². The summed E-state index contributed by atoms with van der Waals surface area (Å²) in [4.78, 5) is 20.2. The van der Waals surface area contributed by atoms with E-state index in [1.807, 2.05) is 0 Å². The van der Waals surface area contributed by atoms with E-state index in [0.717, 1.165) is 44.1 Å². The summed E-state index contributed by atoms with van der Waals surface area (Å²) in [7, 11) is 2.28. The summed E-state index contributed by atoms with van der Waals surface area (Å²) in [6.45, 7) is 6.54. The molecule has 0 aromatic heterocycles. The average Bonchev–Trinajstić information content (AvgIpc) is 3.20. The molecule has 0 aromatic carbocycles. The molecule has 4 heteroatoms. The van der Waals surface area contributed by atoms with Crippen LogP contribution < -0.4 is 0 Å². The first kappa shape index (κ1) is 15.9. The Labute approximate surface area is 141 Å². The van der Waals surface area contributed by atoms with Crippen LogP contribution in [0.1, 0.15) is 44.9 Å². The molecule has 23 heavy (non-hydrogen) atoms. The molecule has 2 saturated carbocycles. The second kappa shape index (κ2) is 6.72. The molecule has 1 amide bonds. The van der Waals surface area contributed by atoms with Crippen molar-refractivity contribution in [2.45, 2.75) is 51.0 Å². The molecular weight excluding hydrogens is 286 g/mol. The Morgan fingerprint density at radius 2 is 1.78 bits per heavy atom. The van der Waals surface area contributed by atoms with Crippen molar-refractivity contribution in [1.82, 2.24) is 14.7 Å². The van der Waals surface area contributed by atoms with Crippen molar-refractivity contribution in [2.24, 2.45) is 17.8 Å². The Balaban J connectivity index is 1.25. The van der Waals surface area contributed by atoms with Crippen molar-refractivity contribution < 1.29 is 4.79 Å². The van der Waals surface area contributed by atoms with E-state index >= 15 is 0 Å². The second-order valence-corrected chi connectivity index (χ2v) is 8.54. The van der Waals surface area contributed by atoms with Gasteiger partial charge in [-0.15, -0.1) is 0 Å². The molecule has 0 radical (unpaired) electrons. The summed E-state index contributed by atoms with van der Waals surface area (Å²) in [5, 5.41) is 0. The van der Waals surface area contributed by atoms with E-state index in [-0.39, 0.29) is 0 Å². The zero-order valence-electron chi connectivity index (χ0n) is 14.8. The molecule has 4 aliphatic rings. The highest BCUT2D eigenvalue weighted by Gasteiger charge is 2.44. The van der Waals surface area contributed by atoms with Gasteiger partial charge in [-0.25, -0.2) is 0 Å². The number of likely N-dealkylation sites (N-methyl/N-ethyl adjacent to an activating group) is 1. The maximum Gasteiger partial charge on any atom is 0.226 e. The van der Waals surface area contributed by atoms with Gasteiger partial charge in [0.05, 0.1) is 0 Å². The Morgan fingerprint density at radius 3 is 2.43 bits per heavy atom. The van der Waals surface area contributed by atoms with E-state index in [9.17, 15) is 4.79 Å². The highest BCUT2D eigenvalue weighted by Crippen LogP contribution is 2.48. The van der Waals surface area contributed by atoms with Gasteiger partial charge in [-0.2, -0.15) is 0 Å². The quantitative estimate of drug-likeness (QED) is 0.796. The van der Waals surface area contributed by atoms with Gasteiger partial charge in [0.15, 0.2) is 0 Å². The normalized spacial score (nSPS) is 39.1. The largest absolute Gasteiger partial charge is 0.340 e. The first-order valence-electron chi connectivity index (χ1n) is 9.92. The lowest BCUT2D eigenvalue weighted by molar-refractivity contribution is -0.139. The smallest absolute Gasteiger partial charge is 0.226 e. The summed E-state index contributed by atoms with van der Waals surface area (Å²) in [5.41, 5.74) is 0. The zero-order valence-corrected chi connectivity index (χ0v) is 14.8. The maximum atomic E-state index is 12.8. The molecule has 130 valence electrons. The van der Waals surface area contributed by atoms with Crippen molar-refractivity contribution in [3.8, 4) is 0 Å². The second-order valence-electron chi connectivity index (χ2n) is 8.54. The SMILES string of the molecule is CN1CCCC[C@@H]1CN1CCN(C(=O)[C@@H]2C[C@H]3CC[C@H]2C3)CC1. The summed E-state index contributed by atoms with van der Waals surface area (Å²) >= 11 is 0. The zero-order chi connectivity index (χ0) is 15.8. The lowest BCUT2D eigenvalue weighted by Crippen LogP contribution is -2.54. The summed E-state index contributed by atoms with van der Waals surface area (Å²) in [6, 6.07) is 0.733. The minimum Gasteiger partial charge on any atom is -0.340 e. The van der Waals surface area contributed by atoms with Gasteiger partial charge >= 0.3 is 0 Å². The Bertz CT molecular complexity index is 432. The number of piperazine rings is 1. The number of amides is 1. The van der Waals surface area contributed by atoms with Crippen LogP contribution in [0.2, 0.25) is 0 Å². The van der Waals surface area contributed by atoms with Crippen molar-refractivity contribution in [2.75, 3.05) is 46.3 Å². The topological polar surface area (TPSA) is 26.8 Å². The molecule has 4 nitrogen and oxygen atoms in total. The fourth-order valence-corrected chi connectivity index (χ4v) is 5.61. The predicted molar refractivity (Wildman–Crippen MR) is 92.2 cm³/mol. The number of likely N-dealkylation sites (tertiary alicyclic amines) is 1. The standard InChI is InChI=1S/C19H33N3O/c1-20-7-3-2-4-17(20)14-21-8-10-22(11-9-21)19(23)18-13-15-5-6-16(18)12-15/h15-18H,2-14H2,1H3/t15-,16-,17+,18+/m0/s1. The van der Waals surface area contributed by atoms with E-state index in [1.165, 1.54) is 58.0 Å². The fourth-order valence-electron chi connectivity index (χ4n) is 5.61. The van der Waals surface area contributed by atoms with Gasteiger partial charge in [0.1, 0.15) is 0 Å². The van der Waals surface area contributed by atoms with Gasteiger partial charge in [0, 0.05) is 44.7 Å². The molecular formula is C19H33N3O. The van der Waals surface area contributed by atoms with Crippen LogP contribution in [-0.2, 0) is 4.79 Å². The van der Waals surface area contributed by atoms with Crippen molar-refractivity contribution >= 4 is 5.91 Å². The number of hydrogen-bond acceptors (Lipinski definition) is 3. The minimum atomic E-state index is 0.379. The molecule has 2 heterocycles. The predicted octanol–water partition coefficient (Wildman–Crippen LogP) is 2.05. The monoisotopic (exact) mass is 319 g/mol. The fraction of sp³-hybridized carbons (Fsp3) is 0.947. The van der Waals surface area contributed by atoms with E-state index in [0.29, 0.717) is 11.8 Å². The molecule has 2 aliphatic heterocycles. The van der Waals surface area contributed by atoms with Crippen molar-refractivity contribution in [3.63, 3.8) is 0 Å². The van der Waals surface area contributed by atoms with Crippen LogP contribution in [0.3, 0.4) is 0 Å². The molecule has 0 spiro atoms. The molecule has 0 N–H and O–H groups in total. The summed E-state index contributed by atoms with van der Waals surface area (Å²) in [5.74, 6) is 2.47. The first-order chi connectivity index (χ1) is 11.2. The molecule has 4 rings (SSSR count). The minimum absolute atomic E-state index is 0.379. The Morgan fingerprint density at radius 1 is 0.957 bits per heavy atom. The Hall–Kier alpha value is -0.610. The number of carbonyl (C=O) groups excluding carboxylic acids is 1. The van der Waals surface area contributed by atoms with E-state index in [1.54, 1.807) is 0 Å². The highest BCUT2D eigenvalue weighted by molar-refractivity contribution is 5.79. The molecule has 4 atom stereocenters. The highest BCUT2D eigenvalue weighted by atomic mass is 16.2. The maximum absolute atomic E-state index is 12.8. The molecule has 0 aromatic rings. The van der Waals surface area contributed by atoms with Crippen molar-refractivity contribution in [1.29, 1.82) is 0 Å². The number of rotatable bonds is 3. The van der Waals surface area contributed by atoms with Crippen LogP contribution in [0.15, 0.2) is 0 Å². The van der Waals surface area contributed by atoms with Crippen LogP contribution in [0.25, 0.3) is 0 Å². The summed E-state index contributed by atoms with van der Waals surface area (Å²) < 4.78 is 0. The molecule has 0 unspecified atom stereocenters. The Kier molecular flexibility index (Phi) is 4.64. The number of fused-ring (bicyclic) bond motifs is 2. The van der Waals surface area contributed by atoms with Crippen molar-refractivity contribution in [3.05, 3.63) is 0 Å². The van der Waals surface area contributed by atoms with Crippen LogP contribution in [0, 0.1) is 17.8 Å². The van der Waals surface area contributed by atoms with Crippen LogP contribution >= 0.6 is 0 Å². The van der Waals surface area contributed by atoms with Gasteiger partial charge in [-0.05, 0) is 57.5 Å². The third kappa shape index (κ3) is 3.30. The molecule has 4 fully saturated rings. The van der Waals surface area contributed by atoms with Crippen LogP contribution in [0.5, 0.6) is 0 Å². The van der Waals surface area contributed by atoms with Gasteiger partial charge in [0.25, 0.3) is 0 Å². The number of carbonyl (C=O) groups is 1. The van der Waals surface area contributed by atoms with Crippen LogP contribution in [-0.4, -0.2) is 73.0 Å². The third-order valence-corrected chi connectivity index (χ3v) is 7.13. The summed E-state index contributed by atoms with van der Waals surface area (Å²) in [6.07, 6.45) is 9.32. The van der Waals surface area contributed by atoms with Crippen LogP contribution in [0.4, 0.5) is 0 Å². The lowest BCUT2D eigenvalue weighted by Gasteiger charge is -2.41. The number of hydrogen-bond donors (Lipinski definition) is 0. The van der Waals surface area contributed by atoms with Gasteiger partial charge < -0.3 is 9.80 Å². The van der Waals surface area contributed by atoms with Gasteiger partial charge in [-0.3, -0.25) is 9.69 Å². The molecule has 2 aliphatic carbocycles. The first-order valence-corrected chi connectivity index (χ1v) is 9.92. The average molecular weight is 319 g/mol. The third-order valence-electron chi connectivity index (χ3n) is 7.13. The molecule has 2 bridgehead atoms. The lowest BCUT2D eigenvalue weighted by atomic mass is 9.87. The van der Waals surface area contributed by atoms with E-state index in [4.69, 9.17) is 0 Å². The molecule has 2 saturated heterocycles. The van der Waals surface area contributed by atoms with Gasteiger partial charge in [0.2, 0.25) is 5.91 Å². The van der Waals surface area contributed by atoms with E-state index < -0.39 is 0 Å². The van der Waals surface area contributed by atoms with E-state index in [2.05, 4.69) is 21.7 Å².